The molecule has 0 aliphatic carbocycles. The van der Waals surface area contributed by atoms with Gasteiger partial charge < -0.3 is 14.8 Å². The van der Waals surface area contributed by atoms with Crippen LogP contribution >= 0.6 is 11.3 Å². The first-order valence-corrected chi connectivity index (χ1v) is 12.1. The predicted molar refractivity (Wildman–Crippen MR) is 138 cm³/mol. The van der Waals surface area contributed by atoms with E-state index in [2.05, 4.69) is 20.8 Å². The molecule has 1 aliphatic heterocycles. The van der Waals surface area contributed by atoms with E-state index in [4.69, 9.17) is 9.47 Å². The molecule has 9 heteroatoms. The van der Waals surface area contributed by atoms with E-state index in [0.717, 1.165) is 16.7 Å². The number of benzene rings is 3. The Balaban J connectivity index is 1.29. The molecule has 4 aromatic rings. The van der Waals surface area contributed by atoms with Gasteiger partial charge in [0, 0.05) is 18.1 Å². The average Bonchev–Trinajstić information content (AvgIpc) is 3.57. The second kappa shape index (κ2) is 10.8. The van der Waals surface area contributed by atoms with Crippen LogP contribution in [0, 0.1) is 0 Å². The van der Waals surface area contributed by atoms with E-state index in [9.17, 15) is 9.59 Å². The van der Waals surface area contributed by atoms with Crippen LogP contribution in [0.3, 0.4) is 0 Å². The van der Waals surface area contributed by atoms with Crippen molar-refractivity contribution >= 4 is 34.4 Å². The minimum Gasteiger partial charge on any atom is -0.454 e. The normalized spacial score (nSPS) is 12.9. The molecule has 2 N–H and O–H groups in total. The van der Waals surface area contributed by atoms with Gasteiger partial charge in [-0.3, -0.25) is 14.9 Å². The molecule has 5 rings (SSSR count). The van der Waals surface area contributed by atoms with Crippen LogP contribution in [0.1, 0.15) is 11.1 Å². The van der Waals surface area contributed by atoms with Gasteiger partial charge in [-0.2, -0.15) is 0 Å². The standard InChI is InChI=1S/C27H22N4O4S/c32-24(14-11-18-7-3-1-4-8-18)28-21(15-19-9-5-2-6-10-19)25(33)29-27-31-30-26(36-27)20-12-13-22-23(16-20)35-17-34-22/h1-14,16,21H,15,17H2,(H,28,32)(H,29,31,33)/b14-11+. The third-order valence-corrected chi connectivity index (χ3v) is 6.30. The molecule has 0 saturated carbocycles. The highest BCUT2D eigenvalue weighted by Gasteiger charge is 2.23. The minimum atomic E-state index is -0.807. The lowest BCUT2D eigenvalue weighted by atomic mass is 10.1. The molecule has 1 aromatic heterocycles. The lowest BCUT2D eigenvalue weighted by Crippen LogP contribution is -2.44. The number of rotatable bonds is 8. The number of aromatic nitrogens is 2. The largest absolute Gasteiger partial charge is 0.454 e. The third-order valence-electron chi connectivity index (χ3n) is 5.42. The quantitative estimate of drug-likeness (QED) is 0.351. The molecule has 0 bridgehead atoms. The fourth-order valence-corrected chi connectivity index (χ4v) is 4.37. The summed E-state index contributed by atoms with van der Waals surface area (Å²) >= 11 is 1.23. The first-order chi connectivity index (χ1) is 17.6. The van der Waals surface area contributed by atoms with Crippen LogP contribution in [-0.4, -0.2) is 34.8 Å². The minimum absolute atomic E-state index is 0.186. The van der Waals surface area contributed by atoms with Gasteiger partial charge in [-0.05, 0) is 35.4 Å². The van der Waals surface area contributed by atoms with Gasteiger partial charge in [0.2, 0.25) is 23.7 Å². The van der Waals surface area contributed by atoms with Crippen LogP contribution < -0.4 is 20.1 Å². The van der Waals surface area contributed by atoms with Crippen molar-refractivity contribution in [2.45, 2.75) is 12.5 Å². The molecular formula is C27H22N4O4S. The number of fused-ring (bicyclic) bond motifs is 1. The van der Waals surface area contributed by atoms with Crippen molar-refractivity contribution in [3.63, 3.8) is 0 Å². The van der Waals surface area contributed by atoms with Gasteiger partial charge >= 0.3 is 0 Å². The third kappa shape index (κ3) is 5.76. The van der Waals surface area contributed by atoms with Gasteiger partial charge in [0.1, 0.15) is 11.0 Å². The second-order valence-electron chi connectivity index (χ2n) is 7.96. The first kappa shape index (κ1) is 23.3. The number of carbonyl (C=O) groups excluding carboxylic acids is 2. The number of anilines is 1. The van der Waals surface area contributed by atoms with Crippen LogP contribution in [0.25, 0.3) is 16.6 Å². The van der Waals surface area contributed by atoms with Crippen molar-refractivity contribution in [3.8, 4) is 22.1 Å². The van der Waals surface area contributed by atoms with E-state index in [1.54, 1.807) is 6.08 Å². The van der Waals surface area contributed by atoms with Crippen LogP contribution in [0.5, 0.6) is 11.5 Å². The van der Waals surface area contributed by atoms with Gasteiger partial charge in [-0.25, -0.2) is 0 Å². The Morgan fingerprint density at radius 3 is 2.50 bits per heavy atom. The summed E-state index contributed by atoms with van der Waals surface area (Å²) in [6.45, 7) is 0.186. The Labute approximate surface area is 211 Å². The number of amides is 2. The van der Waals surface area contributed by atoms with E-state index in [0.29, 0.717) is 28.1 Å². The predicted octanol–water partition coefficient (Wildman–Crippen LogP) is 4.31. The molecule has 1 unspecified atom stereocenters. The molecule has 8 nitrogen and oxygen atoms in total. The van der Waals surface area contributed by atoms with Crippen LogP contribution in [-0.2, 0) is 16.0 Å². The summed E-state index contributed by atoms with van der Waals surface area (Å²) in [4.78, 5) is 25.8. The van der Waals surface area contributed by atoms with E-state index < -0.39 is 6.04 Å². The zero-order chi connectivity index (χ0) is 24.7. The average molecular weight is 499 g/mol. The Morgan fingerprint density at radius 1 is 0.944 bits per heavy atom. The lowest BCUT2D eigenvalue weighted by Gasteiger charge is -2.17. The van der Waals surface area contributed by atoms with Gasteiger partial charge in [0.25, 0.3) is 0 Å². The molecular weight excluding hydrogens is 476 g/mol. The summed E-state index contributed by atoms with van der Waals surface area (Å²) in [6.07, 6.45) is 3.45. The van der Waals surface area contributed by atoms with Crippen LogP contribution in [0.2, 0.25) is 0 Å². The highest BCUT2D eigenvalue weighted by Crippen LogP contribution is 2.37. The maximum absolute atomic E-state index is 13.2. The molecule has 3 aromatic carbocycles. The number of nitrogens with zero attached hydrogens (tertiary/aromatic N) is 2. The summed E-state index contributed by atoms with van der Waals surface area (Å²) in [5.41, 5.74) is 2.61. The first-order valence-electron chi connectivity index (χ1n) is 11.3. The van der Waals surface area contributed by atoms with Crippen molar-refractivity contribution < 1.29 is 19.1 Å². The van der Waals surface area contributed by atoms with Crippen molar-refractivity contribution in [2.24, 2.45) is 0 Å². The zero-order valence-electron chi connectivity index (χ0n) is 19.1. The molecule has 2 amide bonds. The fraction of sp³-hybridized carbons (Fsp3) is 0.111. The molecule has 2 heterocycles. The van der Waals surface area contributed by atoms with E-state index in [1.165, 1.54) is 17.4 Å². The Bertz CT molecular complexity index is 1390. The van der Waals surface area contributed by atoms with Crippen molar-refractivity contribution in [2.75, 3.05) is 12.1 Å². The van der Waals surface area contributed by atoms with E-state index in [1.807, 2.05) is 78.9 Å². The molecule has 1 atom stereocenters. The molecule has 1 aliphatic rings. The summed E-state index contributed by atoms with van der Waals surface area (Å²) in [6, 6.07) is 23.7. The van der Waals surface area contributed by atoms with Crippen LogP contribution in [0.4, 0.5) is 5.13 Å². The van der Waals surface area contributed by atoms with E-state index in [-0.39, 0.29) is 18.6 Å². The highest BCUT2D eigenvalue weighted by atomic mass is 32.1. The maximum Gasteiger partial charge on any atom is 0.249 e. The number of hydrogen-bond acceptors (Lipinski definition) is 7. The van der Waals surface area contributed by atoms with Crippen LogP contribution in [0.15, 0.2) is 84.9 Å². The van der Waals surface area contributed by atoms with E-state index >= 15 is 0 Å². The van der Waals surface area contributed by atoms with Crippen molar-refractivity contribution in [1.29, 1.82) is 0 Å². The lowest BCUT2D eigenvalue weighted by molar-refractivity contribution is -0.123. The van der Waals surface area contributed by atoms with Gasteiger partial charge in [0.15, 0.2) is 11.5 Å². The fourth-order valence-electron chi connectivity index (χ4n) is 3.63. The van der Waals surface area contributed by atoms with Gasteiger partial charge in [-0.15, -0.1) is 10.2 Å². The second-order valence-corrected chi connectivity index (χ2v) is 8.94. The number of carbonyl (C=O) groups is 2. The summed E-state index contributed by atoms with van der Waals surface area (Å²) < 4.78 is 10.8. The Morgan fingerprint density at radius 2 is 1.69 bits per heavy atom. The Hall–Kier alpha value is -4.50. The van der Waals surface area contributed by atoms with Crippen molar-refractivity contribution in [3.05, 3.63) is 96.1 Å². The Kier molecular flexibility index (Phi) is 7.00. The van der Waals surface area contributed by atoms with Gasteiger partial charge in [0.05, 0.1) is 0 Å². The molecule has 36 heavy (non-hydrogen) atoms. The SMILES string of the molecule is O=C(/C=C/c1ccccc1)NC(Cc1ccccc1)C(=O)Nc1nnc(-c2ccc3c(c2)OCO3)s1. The summed E-state index contributed by atoms with van der Waals surface area (Å²) in [5.74, 6) is 0.571. The molecule has 0 fully saturated rings. The molecule has 0 radical (unpaired) electrons. The van der Waals surface area contributed by atoms with Crippen molar-refractivity contribution in [1.82, 2.24) is 15.5 Å². The smallest absolute Gasteiger partial charge is 0.249 e. The summed E-state index contributed by atoms with van der Waals surface area (Å²) in [7, 11) is 0. The topological polar surface area (TPSA) is 102 Å². The highest BCUT2D eigenvalue weighted by molar-refractivity contribution is 7.18. The molecule has 0 saturated heterocycles. The van der Waals surface area contributed by atoms with Gasteiger partial charge in [-0.1, -0.05) is 72.0 Å². The number of nitrogens with one attached hydrogen (secondary N) is 2. The number of ether oxygens (including phenoxy) is 2. The summed E-state index contributed by atoms with van der Waals surface area (Å²) in [5, 5.41) is 14.9. The monoisotopic (exact) mass is 498 g/mol. The molecule has 180 valence electrons. The zero-order valence-corrected chi connectivity index (χ0v) is 19.9. The maximum atomic E-state index is 13.2. The number of hydrogen-bond donors (Lipinski definition) is 2. The molecule has 0 spiro atoms.